The summed E-state index contributed by atoms with van der Waals surface area (Å²) in [5.74, 6) is 0.580. The standard InChI is InChI=1S/C22H17N5O2S/c1-29-19-13-6-5-11-17(19)24-25-18-12-7-10-16(20(18)28)14-23-22-27-26-21(30-22)15-8-3-2-4-9-15/h2-14,28H,1H3/b23-14+,25-24?. The number of hydrogen-bond acceptors (Lipinski definition) is 8. The summed E-state index contributed by atoms with van der Waals surface area (Å²) in [5.41, 5.74) is 2.38. The summed E-state index contributed by atoms with van der Waals surface area (Å²) < 4.78 is 5.26. The van der Waals surface area contributed by atoms with Crippen LogP contribution in [0.25, 0.3) is 10.6 Å². The van der Waals surface area contributed by atoms with E-state index in [4.69, 9.17) is 4.74 Å². The lowest BCUT2D eigenvalue weighted by Gasteiger charge is -2.03. The van der Waals surface area contributed by atoms with Gasteiger partial charge in [0.15, 0.2) is 5.75 Å². The summed E-state index contributed by atoms with van der Waals surface area (Å²) in [6.45, 7) is 0. The number of para-hydroxylation sites is 2. The van der Waals surface area contributed by atoms with Crippen LogP contribution in [0.5, 0.6) is 11.5 Å². The van der Waals surface area contributed by atoms with Crippen LogP contribution < -0.4 is 4.74 Å². The first kappa shape index (κ1) is 19.4. The molecule has 30 heavy (non-hydrogen) atoms. The average Bonchev–Trinajstić information content (AvgIpc) is 3.27. The minimum atomic E-state index is -0.0207. The molecule has 148 valence electrons. The van der Waals surface area contributed by atoms with E-state index in [1.165, 1.54) is 17.6 Å². The molecule has 0 aliphatic rings. The monoisotopic (exact) mass is 415 g/mol. The van der Waals surface area contributed by atoms with E-state index in [1.54, 1.807) is 37.4 Å². The first-order valence-corrected chi connectivity index (χ1v) is 9.86. The van der Waals surface area contributed by atoms with Gasteiger partial charge in [-0.2, -0.15) is 0 Å². The summed E-state index contributed by atoms with van der Waals surface area (Å²) >= 11 is 1.37. The van der Waals surface area contributed by atoms with Crippen molar-refractivity contribution in [1.82, 2.24) is 10.2 Å². The van der Waals surface area contributed by atoms with Crippen molar-refractivity contribution in [1.29, 1.82) is 0 Å². The van der Waals surface area contributed by atoms with Crippen molar-refractivity contribution in [3.63, 3.8) is 0 Å². The summed E-state index contributed by atoms with van der Waals surface area (Å²) in [4.78, 5) is 4.34. The molecular formula is C22H17N5O2S. The molecule has 0 aliphatic heterocycles. The third-order valence-electron chi connectivity index (χ3n) is 4.15. The van der Waals surface area contributed by atoms with E-state index in [0.717, 1.165) is 10.6 Å². The van der Waals surface area contributed by atoms with Crippen molar-refractivity contribution in [2.45, 2.75) is 0 Å². The van der Waals surface area contributed by atoms with E-state index in [9.17, 15) is 5.11 Å². The molecule has 1 aromatic heterocycles. The van der Waals surface area contributed by atoms with Gasteiger partial charge in [0.05, 0.1) is 7.11 Å². The summed E-state index contributed by atoms with van der Waals surface area (Å²) in [7, 11) is 1.57. The third-order valence-corrected chi connectivity index (χ3v) is 5.03. The van der Waals surface area contributed by atoms with E-state index in [2.05, 4.69) is 25.4 Å². The summed E-state index contributed by atoms with van der Waals surface area (Å²) in [6.07, 6.45) is 1.53. The largest absolute Gasteiger partial charge is 0.505 e. The van der Waals surface area contributed by atoms with Crippen LogP contribution in [0.1, 0.15) is 5.56 Å². The zero-order valence-electron chi connectivity index (χ0n) is 16.0. The van der Waals surface area contributed by atoms with Gasteiger partial charge in [-0.05, 0) is 24.3 Å². The number of phenols is 1. The van der Waals surface area contributed by atoms with Crippen LogP contribution in [0.3, 0.4) is 0 Å². The molecule has 0 amide bonds. The number of aliphatic imine (C=N–C) groups is 1. The lowest BCUT2D eigenvalue weighted by molar-refractivity contribution is 0.416. The van der Waals surface area contributed by atoms with Crippen LogP contribution in [-0.4, -0.2) is 28.6 Å². The Labute approximate surface area is 177 Å². The molecule has 0 fully saturated rings. The van der Waals surface area contributed by atoms with Gasteiger partial charge < -0.3 is 9.84 Å². The zero-order valence-corrected chi connectivity index (χ0v) is 16.8. The van der Waals surface area contributed by atoms with Crippen molar-refractivity contribution in [3.05, 3.63) is 78.4 Å². The molecule has 0 spiro atoms. The smallest absolute Gasteiger partial charge is 0.231 e. The first-order valence-electron chi connectivity index (χ1n) is 9.04. The van der Waals surface area contributed by atoms with Crippen molar-refractivity contribution < 1.29 is 9.84 Å². The second-order valence-electron chi connectivity index (χ2n) is 6.10. The Kier molecular flexibility index (Phi) is 5.86. The van der Waals surface area contributed by atoms with Crippen molar-refractivity contribution in [3.8, 4) is 22.1 Å². The van der Waals surface area contributed by atoms with Gasteiger partial charge in [-0.3, -0.25) is 0 Å². The molecular weight excluding hydrogens is 398 g/mol. The minimum Gasteiger partial charge on any atom is -0.505 e. The van der Waals surface area contributed by atoms with Crippen LogP contribution in [0.4, 0.5) is 16.5 Å². The van der Waals surface area contributed by atoms with E-state index in [1.807, 2.05) is 42.5 Å². The van der Waals surface area contributed by atoms with Crippen LogP contribution in [-0.2, 0) is 0 Å². The molecule has 0 aliphatic carbocycles. The SMILES string of the molecule is COc1ccccc1N=Nc1cccc(/C=N/c2nnc(-c3ccccc3)s2)c1O. The van der Waals surface area contributed by atoms with Crippen LogP contribution in [0.15, 0.2) is 88.0 Å². The number of azo groups is 1. The number of benzene rings is 3. The van der Waals surface area contributed by atoms with E-state index < -0.39 is 0 Å². The predicted molar refractivity (Wildman–Crippen MR) is 118 cm³/mol. The molecule has 4 rings (SSSR count). The van der Waals surface area contributed by atoms with E-state index in [0.29, 0.717) is 27.8 Å². The van der Waals surface area contributed by atoms with Crippen molar-refractivity contribution >= 4 is 34.1 Å². The Morgan fingerprint density at radius 2 is 1.60 bits per heavy atom. The van der Waals surface area contributed by atoms with E-state index in [-0.39, 0.29) is 5.75 Å². The molecule has 3 aromatic carbocycles. The lowest BCUT2D eigenvalue weighted by atomic mass is 10.2. The van der Waals surface area contributed by atoms with Gasteiger partial charge in [0, 0.05) is 17.3 Å². The highest BCUT2D eigenvalue weighted by Crippen LogP contribution is 2.34. The maximum absolute atomic E-state index is 10.5. The number of rotatable bonds is 6. The fraction of sp³-hybridized carbons (Fsp3) is 0.0455. The number of aromatic hydroxyl groups is 1. The Morgan fingerprint density at radius 3 is 2.43 bits per heavy atom. The molecule has 0 bridgehead atoms. The van der Waals surface area contributed by atoms with Crippen LogP contribution in [0.2, 0.25) is 0 Å². The molecule has 1 heterocycles. The van der Waals surface area contributed by atoms with Crippen molar-refractivity contribution in [2.24, 2.45) is 15.2 Å². The number of aromatic nitrogens is 2. The predicted octanol–water partition coefficient (Wildman–Crippen LogP) is 6.09. The highest BCUT2D eigenvalue weighted by atomic mass is 32.1. The van der Waals surface area contributed by atoms with E-state index >= 15 is 0 Å². The second kappa shape index (κ2) is 9.06. The normalized spacial score (nSPS) is 11.4. The Balaban J connectivity index is 1.55. The molecule has 7 nitrogen and oxygen atoms in total. The quantitative estimate of drug-likeness (QED) is 0.305. The molecule has 0 atom stereocenters. The van der Waals surface area contributed by atoms with Gasteiger partial charge in [-0.15, -0.1) is 20.4 Å². The Morgan fingerprint density at radius 1 is 0.867 bits per heavy atom. The highest BCUT2D eigenvalue weighted by molar-refractivity contribution is 7.18. The van der Waals surface area contributed by atoms with Gasteiger partial charge >= 0.3 is 0 Å². The maximum atomic E-state index is 10.5. The molecule has 0 unspecified atom stereocenters. The fourth-order valence-corrected chi connectivity index (χ4v) is 3.34. The number of nitrogens with zero attached hydrogens (tertiary/aromatic N) is 5. The Hall–Kier alpha value is -3.91. The molecule has 0 saturated carbocycles. The minimum absolute atomic E-state index is 0.0207. The van der Waals surface area contributed by atoms with Crippen molar-refractivity contribution in [2.75, 3.05) is 7.11 Å². The molecule has 4 aromatic rings. The van der Waals surface area contributed by atoms with Crippen LogP contribution in [0, 0.1) is 0 Å². The van der Waals surface area contributed by atoms with Gasteiger partial charge in [0.25, 0.3) is 0 Å². The fourth-order valence-electron chi connectivity index (χ4n) is 2.64. The number of hydrogen-bond donors (Lipinski definition) is 1. The number of phenolic OH excluding ortho intramolecular Hbond substituents is 1. The first-order chi connectivity index (χ1) is 14.7. The molecule has 1 N–H and O–H groups in total. The number of ether oxygens (including phenoxy) is 1. The van der Waals surface area contributed by atoms with Gasteiger partial charge in [-0.25, -0.2) is 4.99 Å². The van der Waals surface area contributed by atoms with Gasteiger partial charge in [-0.1, -0.05) is 59.9 Å². The van der Waals surface area contributed by atoms with Gasteiger partial charge in [0.1, 0.15) is 22.1 Å². The summed E-state index contributed by atoms with van der Waals surface area (Å²) in [5, 5.41) is 28.4. The molecule has 0 saturated heterocycles. The Bertz CT molecular complexity index is 1210. The number of methoxy groups -OCH3 is 1. The summed E-state index contributed by atoms with van der Waals surface area (Å²) in [6, 6.07) is 22.2. The topological polar surface area (TPSA) is 92.3 Å². The lowest BCUT2D eigenvalue weighted by Crippen LogP contribution is -1.83. The third kappa shape index (κ3) is 4.39. The second-order valence-corrected chi connectivity index (χ2v) is 7.06. The molecule has 0 radical (unpaired) electrons. The molecule has 8 heteroatoms. The average molecular weight is 415 g/mol. The maximum Gasteiger partial charge on any atom is 0.231 e. The highest BCUT2D eigenvalue weighted by Gasteiger charge is 2.08. The van der Waals surface area contributed by atoms with Crippen LogP contribution >= 0.6 is 11.3 Å². The zero-order chi connectivity index (χ0) is 20.8. The van der Waals surface area contributed by atoms with Gasteiger partial charge in [0.2, 0.25) is 5.13 Å².